The number of alkyl halides is 1. The summed E-state index contributed by atoms with van der Waals surface area (Å²) in [7, 11) is 0. The molecule has 0 spiro atoms. The van der Waals surface area contributed by atoms with Gasteiger partial charge >= 0.3 is 0 Å². The molecule has 8 heteroatoms. The lowest BCUT2D eigenvalue weighted by Crippen LogP contribution is -2.02. The van der Waals surface area contributed by atoms with Gasteiger partial charge in [-0.05, 0) is 54.1 Å². The lowest BCUT2D eigenvalue weighted by atomic mass is 10.2. The number of nitrogens with two attached hydrogens (primary N) is 1. The molecule has 4 aromatic heterocycles. The van der Waals surface area contributed by atoms with Gasteiger partial charge in [0.25, 0.3) is 0 Å². The van der Waals surface area contributed by atoms with Crippen LogP contribution >= 0.6 is 11.6 Å². The van der Waals surface area contributed by atoms with Crippen LogP contribution in [0.15, 0.2) is 73.1 Å². The molecule has 0 unspecified atom stereocenters. The third kappa shape index (κ3) is 3.43. The fourth-order valence-corrected chi connectivity index (χ4v) is 3.66. The van der Waals surface area contributed by atoms with Crippen molar-refractivity contribution in [1.82, 2.24) is 24.5 Å². The summed E-state index contributed by atoms with van der Waals surface area (Å²) in [5.41, 5.74) is 12.0. The Bertz CT molecular complexity index is 1470. The second kappa shape index (κ2) is 8.10. The van der Waals surface area contributed by atoms with Crippen LogP contribution in [0.2, 0.25) is 0 Å². The number of hydrogen-bond acceptors (Lipinski definition) is 6. The second-order valence-corrected chi connectivity index (χ2v) is 7.36. The van der Waals surface area contributed by atoms with Crippen molar-refractivity contribution in [2.75, 3.05) is 5.73 Å². The van der Waals surface area contributed by atoms with E-state index in [1.807, 2.05) is 53.1 Å². The monoisotopic (exact) mass is 437 g/mol. The molecule has 1 aromatic carbocycles. The summed E-state index contributed by atoms with van der Waals surface area (Å²) in [5, 5.41) is 9.03. The van der Waals surface area contributed by atoms with Gasteiger partial charge in [0, 0.05) is 24.0 Å². The highest BCUT2D eigenvalue weighted by Crippen LogP contribution is 2.31. The number of hydrogen-bond donors (Lipinski definition) is 1. The van der Waals surface area contributed by atoms with Crippen molar-refractivity contribution in [1.29, 1.82) is 5.26 Å². The highest BCUT2D eigenvalue weighted by atomic mass is 35.5. The molecule has 0 aliphatic rings. The van der Waals surface area contributed by atoms with Gasteiger partial charge in [0.1, 0.15) is 17.4 Å². The molecule has 154 valence electrons. The third-order valence-electron chi connectivity index (χ3n) is 5.09. The van der Waals surface area contributed by atoms with Crippen molar-refractivity contribution in [3.05, 3.63) is 84.2 Å². The minimum absolute atomic E-state index is 0.385. The number of rotatable bonds is 4. The molecule has 0 aliphatic carbocycles. The average Bonchev–Trinajstić information content (AvgIpc) is 3.23. The van der Waals surface area contributed by atoms with Gasteiger partial charge in [-0.3, -0.25) is 9.55 Å². The fraction of sp³-hybridized carbons (Fsp3) is 0.0417. The summed E-state index contributed by atoms with van der Waals surface area (Å²) >= 11 is 5.97. The van der Waals surface area contributed by atoms with E-state index in [1.54, 1.807) is 18.3 Å². The number of aromatic nitrogens is 5. The smallest absolute Gasteiger partial charge is 0.165 e. The Kier molecular flexibility index (Phi) is 4.98. The second-order valence-electron chi connectivity index (χ2n) is 7.09. The first-order valence-corrected chi connectivity index (χ1v) is 10.3. The normalized spacial score (nSPS) is 10.9. The van der Waals surface area contributed by atoms with E-state index in [0.29, 0.717) is 51.2 Å². The summed E-state index contributed by atoms with van der Waals surface area (Å²) in [6.07, 6.45) is 3.18. The van der Waals surface area contributed by atoms with Crippen molar-refractivity contribution in [2.45, 2.75) is 5.88 Å². The Hall–Kier alpha value is -4.28. The summed E-state index contributed by atoms with van der Waals surface area (Å²) in [6.45, 7) is 0. The SMILES string of the molecule is N#Cc1ccc(-c2ccc3nc(-c4cccnc4N)n(-c4ccc(CCl)cc4)c3n2)nc1. The first kappa shape index (κ1) is 19.7. The zero-order valence-corrected chi connectivity index (χ0v) is 17.5. The van der Waals surface area contributed by atoms with Gasteiger partial charge in [-0.2, -0.15) is 5.26 Å². The summed E-state index contributed by atoms with van der Waals surface area (Å²) in [5.74, 6) is 1.46. The standard InChI is InChI=1S/C24H16ClN7/c25-12-15-3-6-17(7-4-15)32-23(18-2-1-11-28-22(18)27)31-21-10-9-20(30-24(21)32)19-8-5-16(13-26)14-29-19/h1-11,14H,12H2,(H2,27,28). The minimum atomic E-state index is 0.385. The van der Waals surface area contributed by atoms with Crippen LogP contribution < -0.4 is 5.73 Å². The Balaban J connectivity index is 1.75. The Morgan fingerprint density at radius 3 is 2.44 bits per heavy atom. The van der Waals surface area contributed by atoms with Gasteiger partial charge < -0.3 is 5.73 Å². The minimum Gasteiger partial charge on any atom is -0.383 e. The molecule has 7 nitrogen and oxygen atoms in total. The molecule has 0 bridgehead atoms. The van der Waals surface area contributed by atoms with Crippen LogP contribution in [-0.2, 0) is 5.88 Å². The molecule has 0 fully saturated rings. The largest absolute Gasteiger partial charge is 0.383 e. The first-order valence-electron chi connectivity index (χ1n) is 9.80. The molecule has 0 amide bonds. The summed E-state index contributed by atoms with van der Waals surface area (Å²) in [4.78, 5) is 18.3. The van der Waals surface area contributed by atoms with Crippen molar-refractivity contribution in [3.8, 4) is 34.5 Å². The molecular formula is C24H16ClN7. The predicted molar refractivity (Wildman–Crippen MR) is 124 cm³/mol. The zero-order chi connectivity index (χ0) is 22.1. The van der Waals surface area contributed by atoms with E-state index in [4.69, 9.17) is 32.6 Å². The van der Waals surface area contributed by atoms with Crippen molar-refractivity contribution in [2.24, 2.45) is 0 Å². The van der Waals surface area contributed by atoms with Crippen LogP contribution in [0.25, 0.3) is 39.6 Å². The van der Waals surface area contributed by atoms with Crippen molar-refractivity contribution < 1.29 is 0 Å². The number of pyridine rings is 3. The average molecular weight is 438 g/mol. The Labute approximate surface area is 188 Å². The van der Waals surface area contributed by atoms with Crippen LogP contribution in [0.4, 0.5) is 5.82 Å². The van der Waals surface area contributed by atoms with E-state index >= 15 is 0 Å². The molecule has 0 atom stereocenters. The van der Waals surface area contributed by atoms with Crippen LogP contribution in [0, 0.1) is 11.3 Å². The number of anilines is 1. The van der Waals surface area contributed by atoms with Gasteiger partial charge in [0.05, 0.1) is 22.5 Å². The van der Waals surface area contributed by atoms with Gasteiger partial charge in [-0.15, -0.1) is 11.6 Å². The Morgan fingerprint density at radius 1 is 0.938 bits per heavy atom. The highest BCUT2D eigenvalue weighted by molar-refractivity contribution is 6.17. The van der Waals surface area contributed by atoms with E-state index in [0.717, 1.165) is 11.3 Å². The number of nitrogen functional groups attached to an aromatic ring is 1. The van der Waals surface area contributed by atoms with Crippen LogP contribution in [0.3, 0.4) is 0 Å². The topological polar surface area (TPSA) is 106 Å². The molecule has 0 saturated carbocycles. The van der Waals surface area contributed by atoms with E-state index < -0.39 is 0 Å². The molecule has 4 heterocycles. The number of fused-ring (bicyclic) bond motifs is 1. The molecular weight excluding hydrogens is 422 g/mol. The quantitative estimate of drug-likeness (QED) is 0.407. The molecule has 0 saturated heterocycles. The number of nitriles is 1. The zero-order valence-electron chi connectivity index (χ0n) is 16.8. The lowest BCUT2D eigenvalue weighted by Gasteiger charge is -2.11. The van der Waals surface area contributed by atoms with E-state index in [1.165, 1.54) is 6.20 Å². The fourth-order valence-electron chi connectivity index (χ4n) is 3.48. The molecule has 5 aromatic rings. The number of imidazole rings is 1. The number of nitrogens with zero attached hydrogens (tertiary/aromatic N) is 6. The lowest BCUT2D eigenvalue weighted by molar-refractivity contribution is 1.07. The third-order valence-corrected chi connectivity index (χ3v) is 5.40. The molecule has 32 heavy (non-hydrogen) atoms. The molecule has 0 radical (unpaired) electrons. The first-order chi connectivity index (χ1) is 15.7. The van der Waals surface area contributed by atoms with E-state index in [9.17, 15) is 0 Å². The maximum Gasteiger partial charge on any atom is 0.165 e. The van der Waals surface area contributed by atoms with Crippen molar-refractivity contribution >= 4 is 28.6 Å². The maximum atomic E-state index is 9.03. The van der Waals surface area contributed by atoms with Gasteiger partial charge in [-0.1, -0.05) is 12.1 Å². The number of halogens is 1. The van der Waals surface area contributed by atoms with Crippen LogP contribution in [0.5, 0.6) is 0 Å². The molecule has 2 N–H and O–H groups in total. The van der Waals surface area contributed by atoms with Gasteiger partial charge in [0.15, 0.2) is 11.5 Å². The predicted octanol–water partition coefficient (Wildman–Crippen LogP) is 4.74. The number of benzene rings is 1. The molecule has 5 rings (SSSR count). The summed E-state index contributed by atoms with van der Waals surface area (Å²) < 4.78 is 1.95. The summed E-state index contributed by atoms with van der Waals surface area (Å²) in [6, 6.07) is 20.9. The van der Waals surface area contributed by atoms with E-state index in [2.05, 4.69) is 16.0 Å². The highest BCUT2D eigenvalue weighted by Gasteiger charge is 2.18. The molecule has 0 aliphatic heterocycles. The van der Waals surface area contributed by atoms with Crippen molar-refractivity contribution in [3.63, 3.8) is 0 Å². The van der Waals surface area contributed by atoms with Crippen LogP contribution in [-0.4, -0.2) is 24.5 Å². The van der Waals surface area contributed by atoms with Gasteiger partial charge in [-0.25, -0.2) is 15.0 Å². The maximum absolute atomic E-state index is 9.03. The Morgan fingerprint density at radius 2 is 1.75 bits per heavy atom. The van der Waals surface area contributed by atoms with Gasteiger partial charge in [0.2, 0.25) is 0 Å². The van der Waals surface area contributed by atoms with E-state index in [-0.39, 0.29) is 0 Å². The van der Waals surface area contributed by atoms with Crippen LogP contribution in [0.1, 0.15) is 11.1 Å².